The monoisotopic (exact) mass is 374 g/mol. The molecule has 0 bridgehead atoms. The zero-order valence-electron chi connectivity index (χ0n) is 15.2. The Morgan fingerprint density at radius 1 is 1.37 bits per heavy atom. The van der Waals surface area contributed by atoms with Crippen LogP contribution in [-0.4, -0.2) is 39.0 Å². The standard InChI is InChI=1S/C19H23FN4O3/c1-12-18-22-15(9-17(25)21-10-16-3-2-6-27-16)11-23(18)4-5-24(12)19(26)13-7-14(20)8-13/h2-3,6,11-14H,4-5,7-10H2,1H3,(H,21,25)/t12-,13?,14?/m0/s1. The molecule has 0 unspecified atom stereocenters. The van der Waals surface area contributed by atoms with Crippen molar-refractivity contribution in [1.82, 2.24) is 19.8 Å². The Bertz CT molecular complexity index is 826. The van der Waals surface area contributed by atoms with E-state index >= 15 is 0 Å². The van der Waals surface area contributed by atoms with Crippen molar-refractivity contribution in [2.24, 2.45) is 5.92 Å². The summed E-state index contributed by atoms with van der Waals surface area (Å²) in [6.45, 7) is 3.50. The molecule has 1 aliphatic heterocycles. The molecule has 1 N–H and O–H groups in total. The van der Waals surface area contributed by atoms with Crippen LogP contribution in [0.25, 0.3) is 0 Å². The molecule has 1 fully saturated rings. The number of nitrogens with zero attached hydrogens (tertiary/aromatic N) is 3. The van der Waals surface area contributed by atoms with Crippen LogP contribution in [0.2, 0.25) is 0 Å². The Balaban J connectivity index is 1.37. The number of furan rings is 1. The van der Waals surface area contributed by atoms with Gasteiger partial charge >= 0.3 is 0 Å². The minimum absolute atomic E-state index is 0.0170. The molecule has 3 heterocycles. The zero-order valence-corrected chi connectivity index (χ0v) is 15.2. The van der Waals surface area contributed by atoms with Gasteiger partial charge in [0.1, 0.15) is 17.8 Å². The third-order valence-electron chi connectivity index (χ3n) is 5.37. The van der Waals surface area contributed by atoms with Crippen molar-refractivity contribution < 1.29 is 18.4 Å². The molecule has 2 aromatic heterocycles. The molecule has 2 aliphatic rings. The topological polar surface area (TPSA) is 80.4 Å². The van der Waals surface area contributed by atoms with Gasteiger partial charge in [0.15, 0.2) is 0 Å². The van der Waals surface area contributed by atoms with Crippen LogP contribution in [0.3, 0.4) is 0 Å². The number of carbonyl (C=O) groups is 2. The average molecular weight is 374 g/mol. The van der Waals surface area contributed by atoms with Crippen LogP contribution < -0.4 is 5.32 Å². The summed E-state index contributed by atoms with van der Waals surface area (Å²) in [5.74, 6) is 1.16. The molecule has 2 amide bonds. The minimum atomic E-state index is -0.840. The highest BCUT2D eigenvalue weighted by Gasteiger charge is 2.40. The first-order chi connectivity index (χ1) is 13.0. The van der Waals surface area contributed by atoms with Crippen LogP contribution in [0.1, 0.15) is 43.1 Å². The second-order valence-corrected chi connectivity index (χ2v) is 7.29. The number of hydrogen-bond acceptors (Lipinski definition) is 4. The van der Waals surface area contributed by atoms with Gasteiger partial charge in [-0.3, -0.25) is 9.59 Å². The number of carbonyl (C=O) groups excluding carboxylic acids is 2. The van der Waals surface area contributed by atoms with E-state index in [-0.39, 0.29) is 30.2 Å². The Labute approximate surface area is 156 Å². The quantitative estimate of drug-likeness (QED) is 0.868. The summed E-state index contributed by atoms with van der Waals surface area (Å²) in [5, 5.41) is 2.80. The minimum Gasteiger partial charge on any atom is -0.467 e. The number of alkyl halides is 1. The van der Waals surface area contributed by atoms with E-state index < -0.39 is 6.17 Å². The number of fused-ring (bicyclic) bond motifs is 1. The second-order valence-electron chi connectivity index (χ2n) is 7.29. The molecule has 0 saturated heterocycles. The fraction of sp³-hybridized carbons (Fsp3) is 0.526. The highest BCUT2D eigenvalue weighted by atomic mass is 19.1. The molecule has 0 spiro atoms. The van der Waals surface area contributed by atoms with Gasteiger partial charge in [-0.1, -0.05) is 0 Å². The van der Waals surface area contributed by atoms with Crippen LogP contribution in [0.15, 0.2) is 29.0 Å². The van der Waals surface area contributed by atoms with E-state index in [1.54, 1.807) is 23.3 Å². The van der Waals surface area contributed by atoms with Gasteiger partial charge in [0, 0.05) is 25.2 Å². The maximum atomic E-state index is 13.1. The first-order valence-electron chi connectivity index (χ1n) is 9.31. The van der Waals surface area contributed by atoms with Crippen molar-refractivity contribution in [2.75, 3.05) is 6.54 Å². The average Bonchev–Trinajstić information content (AvgIpc) is 3.26. The van der Waals surface area contributed by atoms with Gasteiger partial charge in [-0.2, -0.15) is 0 Å². The number of amides is 2. The van der Waals surface area contributed by atoms with E-state index in [1.807, 2.05) is 17.7 Å². The van der Waals surface area contributed by atoms with Crippen molar-refractivity contribution in [3.63, 3.8) is 0 Å². The zero-order chi connectivity index (χ0) is 19.0. The molecule has 1 saturated carbocycles. The number of imidazole rings is 1. The number of hydrogen-bond donors (Lipinski definition) is 1. The van der Waals surface area contributed by atoms with Crippen molar-refractivity contribution in [1.29, 1.82) is 0 Å². The SMILES string of the molecule is C[C@H]1c2nc(CC(=O)NCc3ccco3)cn2CCN1C(=O)C1CC(F)C1. The molecular weight excluding hydrogens is 351 g/mol. The van der Waals surface area contributed by atoms with Crippen molar-refractivity contribution in [2.45, 2.75) is 51.5 Å². The molecule has 8 heteroatoms. The molecule has 1 atom stereocenters. The van der Waals surface area contributed by atoms with E-state index in [9.17, 15) is 14.0 Å². The molecule has 0 aromatic carbocycles. The Morgan fingerprint density at radius 2 is 2.19 bits per heavy atom. The normalized spacial score (nSPS) is 24.2. The Kier molecular flexibility index (Phi) is 4.72. The molecule has 1 aliphatic carbocycles. The third-order valence-corrected chi connectivity index (χ3v) is 5.37. The van der Waals surface area contributed by atoms with Gasteiger partial charge in [-0.15, -0.1) is 0 Å². The maximum absolute atomic E-state index is 13.1. The molecule has 27 heavy (non-hydrogen) atoms. The van der Waals surface area contributed by atoms with Crippen LogP contribution in [0, 0.1) is 5.92 Å². The van der Waals surface area contributed by atoms with Crippen LogP contribution in [0.4, 0.5) is 4.39 Å². The summed E-state index contributed by atoms with van der Waals surface area (Å²) in [6, 6.07) is 3.40. The summed E-state index contributed by atoms with van der Waals surface area (Å²) in [6.07, 6.45) is 3.44. The van der Waals surface area contributed by atoms with E-state index in [4.69, 9.17) is 4.42 Å². The van der Waals surface area contributed by atoms with Gasteiger partial charge in [-0.05, 0) is 31.9 Å². The predicted molar refractivity (Wildman–Crippen MR) is 94.2 cm³/mol. The second kappa shape index (κ2) is 7.17. The molecular formula is C19H23FN4O3. The fourth-order valence-corrected chi connectivity index (χ4v) is 3.74. The number of aromatic nitrogens is 2. The molecule has 0 radical (unpaired) electrons. The summed E-state index contributed by atoms with van der Waals surface area (Å²) in [7, 11) is 0. The van der Waals surface area contributed by atoms with Crippen LogP contribution in [0.5, 0.6) is 0 Å². The molecule has 7 nitrogen and oxygen atoms in total. The molecule has 4 rings (SSSR count). The summed E-state index contributed by atoms with van der Waals surface area (Å²) >= 11 is 0. The lowest BCUT2D eigenvalue weighted by molar-refractivity contribution is -0.144. The van der Waals surface area contributed by atoms with Gasteiger partial charge < -0.3 is 19.2 Å². The van der Waals surface area contributed by atoms with Crippen molar-refractivity contribution in [3.05, 3.63) is 41.9 Å². The fourth-order valence-electron chi connectivity index (χ4n) is 3.74. The maximum Gasteiger partial charge on any atom is 0.226 e. The summed E-state index contributed by atoms with van der Waals surface area (Å²) in [5.41, 5.74) is 0.676. The van der Waals surface area contributed by atoms with Gasteiger partial charge in [0.05, 0.1) is 31.0 Å². The van der Waals surface area contributed by atoms with Crippen LogP contribution in [-0.2, 0) is 29.1 Å². The number of halogens is 1. The Morgan fingerprint density at radius 3 is 2.89 bits per heavy atom. The highest BCUT2D eigenvalue weighted by Crippen LogP contribution is 2.35. The lowest BCUT2D eigenvalue weighted by Gasteiger charge is -2.39. The van der Waals surface area contributed by atoms with Gasteiger partial charge in [-0.25, -0.2) is 9.37 Å². The highest BCUT2D eigenvalue weighted by molar-refractivity contribution is 5.80. The number of nitrogens with one attached hydrogen (secondary N) is 1. The smallest absolute Gasteiger partial charge is 0.226 e. The molecule has 144 valence electrons. The summed E-state index contributed by atoms with van der Waals surface area (Å²) in [4.78, 5) is 31.1. The summed E-state index contributed by atoms with van der Waals surface area (Å²) < 4.78 is 20.3. The van der Waals surface area contributed by atoms with E-state index in [2.05, 4.69) is 10.3 Å². The number of rotatable bonds is 5. The van der Waals surface area contributed by atoms with Crippen molar-refractivity contribution >= 4 is 11.8 Å². The van der Waals surface area contributed by atoms with Crippen LogP contribution >= 0.6 is 0 Å². The largest absolute Gasteiger partial charge is 0.467 e. The first-order valence-corrected chi connectivity index (χ1v) is 9.31. The first kappa shape index (κ1) is 17.8. The van der Waals surface area contributed by atoms with E-state index in [1.165, 1.54) is 0 Å². The molecule has 2 aromatic rings. The van der Waals surface area contributed by atoms with Crippen molar-refractivity contribution in [3.8, 4) is 0 Å². The third kappa shape index (κ3) is 3.61. The van der Waals surface area contributed by atoms with E-state index in [0.717, 1.165) is 5.82 Å². The Hall–Kier alpha value is -2.64. The lowest BCUT2D eigenvalue weighted by atomic mass is 9.82. The van der Waals surface area contributed by atoms with Gasteiger partial charge in [0.2, 0.25) is 11.8 Å². The van der Waals surface area contributed by atoms with Gasteiger partial charge in [0.25, 0.3) is 0 Å². The van der Waals surface area contributed by atoms with E-state index in [0.29, 0.717) is 43.9 Å². The predicted octanol–water partition coefficient (Wildman–Crippen LogP) is 1.99. The lowest BCUT2D eigenvalue weighted by Crippen LogP contribution is -2.47.